The third-order valence-electron chi connectivity index (χ3n) is 2.34. The number of para-hydroxylation sites is 1. The van der Waals surface area contributed by atoms with Crippen LogP contribution in [0.1, 0.15) is 5.01 Å². The highest BCUT2D eigenvalue weighted by molar-refractivity contribution is 7.15. The Labute approximate surface area is 119 Å². The van der Waals surface area contributed by atoms with Gasteiger partial charge in [-0.25, -0.2) is 0 Å². The van der Waals surface area contributed by atoms with E-state index in [-0.39, 0.29) is 0 Å². The molecule has 1 aromatic carbocycles. The van der Waals surface area contributed by atoms with Crippen LogP contribution >= 0.6 is 11.3 Å². The van der Waals surface area contributed by atoms with Crippen molar-refractivity contribution in [3.8, 4) is 0 Å². The number of nitrogens with one attached hydrogen (secondary N) is 2. The average molecular weight is 291 g/mol. The summed E-state index contributed by atoms with van der Waals surface area (Å²) in [6.07, 6.45) is 0.485. The zero-order chi connectivity index (χ0) is 14.4. The summed E-state index contributed by atoms with van der Waals surface area (Å²) in [6, 6.07) is 8.77. The highest BCUT2D eigenvalue weighted by atomic mass is 32.1. The van der Waals surface area contributed by atoms with Crippen LogP contribution in [0, 0.1) is 0 Å². The molecule has 0 saturated heterocycles. The van der Waals surface area contributed by atoms with E-state index in [0.717, 1.165) is 0 Å². The quantitative estimate of drug-likeness (QED) is 0.707. The number of carbonyl (C=O) groups is 2. The monoisotopic (exact) mass is 291 g/mol. The number of carbonyl (C=O) groups excluding carboxylic acids is 2. The number of nitrogens with two attached hydrogens (primary N) is 1. The summed E-state index contributed by atoms with van der Waals surface area (Å²) in [5.41, 5.74) is 6.01. The molecule has 8 heteroatoms. The molecule has 4 N–H and O–H groups in total. The Balaban J connectivity index is 1.75. The van der Waals surface area contributed by atoms with Gasteiger partial charge in [-0.2, -0.15) is 0 Å². The van der Waals surface area contributed by atoms with E-state index in [1.165, 1.54) is 11.3 Å². The highest BCUT2D eigenvalue weighted by Crippen LogP contribution is 2.10. The van der Waals surface area contributed by atoms with Crippen molar-refractivity contribution < 1.29 is 9.59 Å². The molecule has 2 amide bonds. The number of benzene rings is 1. The summed E-state index contributed by atoms with van der Waals surface area (Å²) < 4.78 is 0. The zero-order valence-electron chi connectivity index (χ0n) is 10.5. The first-order valence-corrected chi connectivity index (χ1v) is 6.69. The number of amides is 2. The summed E-state index contributed by atoms with van der Waals surface area (Å²) in [7, 11) is 0. The predicted octanol–water partition coefficient (Wildman–Crippen LogP) is 0.418. The van der Waals surface area contributed by atoms with E-state index in [4.69, 9.17) is 5.73 Å². The van der Waals surface area contributed by atoms with Crippen LogP contribution in [0.25, 0.3) is 0 Å². The number of hydrogen-bond acceptors (Lipinski definition) is 6. The zero-order valence-corrected chi connectivity index (χ0v) is 11.3. The molecule has 0 aliphatic rings. The van der Waals surface area contributed by atoms with Crippen LogP contribution in [0.3, 0.4) is 0 Å². The lowest BCUT2D eigenvalue weighted by atomic mass is 10.3. The molecular weight excluding hydrogens is 278 g/mol. The van der Waals surface area contributed by atoms with Crippen LogP contribution in [-0.4, -0.2) is 28.6 Å². The van der Waals surface area contributed by atoms with Gasteiger partial charge < -0.3 is 16.4 Å². The molecule has 0 spiro atoms. The maximum absolute atomic E-state index is 11.6. The molecule has 2 rings (SSSR count). The molecule has 1 aromatic heterocycles. The summed E-state index contributed by atoms with van der Waals surface area (Å²) >= 11 is 1.25. The Morgan fingerprint density at radius 3 is 2.55 bits per heavy atom. The second-order valence-electron chi connectivity index (χ2n) is 3.86. The highest BCUT2D eigenvalue weighted by Gasteiger charge is 2.13. The minimum absolute atomic E-state index is 0.301. The van der Waals surface area contributed by atoms with E-state index >= 15 is 0 Å². The van der Waals surface area contributed by atoms with E-state index < -0.39 is 11.8 Å². The van der Waals surface area contributed by atoms with Crippen molar-refractivity contribution in [3.63, 3.8) is 0 Å². The van der Waals surface area contributed by atoms with Crippen LogP contribution in [0.2, 0.25) is 0 Å². The van der Waals surface area contributed by atoms with E-state index in [1.807, 2.05) is 6.07 Å². The Morgan fingerprint density at radius 2 is 1.90 bits per heavy atom. The summed E-state index contributed by atoms with van der Waals surface area (Å²) in [4.78, 5) is 23.2. The molecule has 7 nitrogen and oxygen atoms in total. The molecule has 104 valence electrons. The fourth-order valence-corrected chi connectivity index (χ4v) is 2.05. The smallest absolute Gasteiger partial charge is 0.313 e. The number of nitrogen functional groups attached to an aromatic ring is 1. The molecule has 0 atom stereocenters. The third-order valence-corrected chi connectivity index (χ3v) is 3.16. The first-order chi connectivity index (χ1) is 9.65. The Bertz CT molecular complexity index is 599. The molecule has 0 fully saturated rings. The number of aromatic nitrogens is 2. The second kappa shape index (κ2) is 6.62. The number of anilines is 2. The molecule has 0 unspecified atom stereocenters. The molecule has 0 aliphatic heterocycles. The lowest BCUT2D eigenvalue weighted by Crippen LogP contribution is -2.36. The number of nitrogens with zero attached hydrogens (tertiary/aromatic N) is 2. The van der Waals surface area contributed by atoms with E-state index in [1.54, 1.807) is 24.3 Å². The summed E-state index contributed by atoms with van der Waals surface area (Å²) in [5, 5.41) is 13.6. The topological polar surface area (TPSA) is 110 Å². The summed E-state index contributed by atoms with van der Waals surface area (Å²) in [6.45, 7) is 0.301. The van der Waals surface area contributed by atoms with Crippen molar-refractivity contribution in [2.24, 2.45) is 0 Å². The Hall–Kier alpha value is -2.48. The molecular formula is C12H13N5O2S. The van der Waals surface area contributed by atoms with Gasteiger partial charge in [0, 0.05) is 18.7 Å². The van der Waals surface area contributed by atoms with Gasteiger partial charge in [-0.3, -0.25) is 9.59 Å². The lowest BCUT2D eigenvalue weighted by Gasteiger charge is -2.05. The van der Waals surface area contributed by atoms with Gasteiger partial charge in [0.25, 0.3) is 0 Å². The maximum atomic E-state index is 11.6. The Kier molecular flexibility index (Phi) is 4.61. The second-order valence-corrected chi connectivity index (χ2v) is 4.95. The van der Waals surface area contributed by atoms with E-state index in [9.17, 15) is 9.59 Å². The van der Waals surface area contributed by atoms with Gasteiger partial charge in [-0.05, 0) is 12.1 Å². The van der Waals surface area contributed by atoms with Gasteiger partial charge in [0.1, 0.15) is 5.01 Å². The van der Waals surface area contributed by atoms with Gasteiger partial charge in [0.2, 0.25) is 5.13 Å². The SMILES string of the molecule is Nc1nnc(CCNC(=O)C(=O)Nc2ccccc2)s1. The van der Waals surface area contributed by atoms with Crippen molar-refractivity contribution in [1.29, 1.82) is 0 Å². The van der Waals surface area contributed by atoms with Crippen molar-refractivity contribution in [1.82, 2.24) is 15.5 Å². The Morgan fingerprint density at radius 1 is 1.15 bits per heavy atom. The molecule has 1 heterocycles. The van der Waals surface area contributed by atoms with E-state index in [0.29, 0.717) is 28.8 Å². The van der Waals surface area contributed by atoms with Gasteiger partial charge in [0.05, 0.1) is 0 Å². The average Bonchev–Trinajstić information content (AvgIpc) is 2.85. The van der Waals surface area contributed by atoms with Crippen molar-refractivity contribution in [3.05, 3.63) is 35.3 Å². The predicted molar refractivity (Wildman–Crippen MR) is 76.1 cm³/mol. The van der Waals surface area contributed by atoms with Crippen LogP contribution in [0.5, 0.6) is 0 Å². The fraction of sp³-hybridized carbons (Fsp3) is 0.167. The summed E-state index contributed by atoms with van der Waals surface area (Å²) in [5.74, 6) is -1.39. The molecule has 0 aliphatic carbocycles. The largest absolute Gasteiger partial charge is 0.374 e. The van der Waals surface area contributed by atoms with Gasteiger partial charge in [-0.15, -0.1) is 10.2 Å². The van der Waals surface area contributed by atoms with Crippen LogP contribution < -0.4 is 16.4 Å². The van der Waals surface area contributed by atoms with Gasteiger partial charge >= 0.3 is 11.8 Å². The maximum Gasteiger partial charge on any atom is 0.313 e. The lowest BCUT2D eigenvalue weighted by molar-refractivity contribution is -0.136. The molecule has 20 heavy (non-hydrogen) atoms. The van der Waals surface area contributed by atoms with Crippen molar-refractivity contribution >= 4 is 34.0 Å². The first kappa shape index (κ1) is 13.9. The normalized spacial score (nSPS) is 10.0. The number of rotatable bonds is 4. The van der Waals surface area contributed by atoms with Crippen LogP contribution in [0.4, 0.5) is 10.8 Å². The minimum Gasteiger partial charge on any atom is -0.374 e. The van der Waals surface area contributed by atoms with Crippen LogP contribution in [-0.2, 0) is 16.0 Å². The molecule has 0 saturated carbocycles. The first-order valence-electron chi connectivity index (χ1n) is 5.87. The van der Waals surface area contributed by atoms with E-state index in [2.05, 4.69) is 20.8 Å². The van der Waals surface area contributed by atoms with Crippen molar-refractivity contribution in [2.45, 2.75) is 6.42 Å². The minimum atomic E-state index is -0.701. The standard InChI is InChI=1S/C12H13N5O2S/c13-12-17-16-9(20-12)6-7-14-10(18)11(19)15-8-4-2-1-3-5-8/h1-5H,6-7H2,(H2,13,17)(H,14,18)(H,15,19). The number of hydrogen-bond donors (Lipinski definition) is 3. The van der Waals surface area contributed by atoms with Crippen molar-refractivity contribution in [2.75, 3.05) is 17.6 Å². The molecule has 0 radical (unpaired) electrons. The fourth-order valence-electron chi connectivity index (χ4n) is 1.44. The molecule has 0 bridgehead atoms. The van der Waals surface area contributed by atoms with Gasteiger partial charge in [-0.1, -0.05) is 29.5 Å². The third kappa shape index (κ3) is 4.02. The molecule has 2 aromatic rings. The van der Waals surface area contributed by atoms with Gasteiger partial charge in [0.15, 0.2) is 0 Å². The van der Waals surface area contributed by atoms with Crippen LogP contribution in [0.15, 0.2) is 30.3 Å².